The van der Waals surface area contributed by atoms with Crippen LogP contribution in [0, 0.1) is 10.1 Å². The average Bonchev–Trinajstić information content (AvgIpc) is 3.35. The van der Waals surface area contributed by atoms with E-state index in [4.69, 9.17) is 0 Å². The lowest BCUT2D eigenvalue weighted by atomic mass is 10.1. The maximum Gasteiger partial charge on any atom is 0.282 e. The number of amides is 1. The first-order valence-electron chi connectivity index (χ1n) is 10.2. The summed E-state index contributed by atoms with van der Waals surface area (Å²) >= 11 is 0. The standard InChI is InChI=1S/C22H26N4O3/c1-16-14-17-6-2-3-7-20(17)25(16)13-10-23-18-8-9-21(26(28)29)19(15-18)22(27)24-11-4-5-12-24/h2-3,6-9,15-16,23H,4-5,10-14H2,1H3. The Labute approximate surface area is 170 Å². The number of fused-ring (bicyclic) bond motifs is 1. The predicted molar refractivity (Wildman–Crippen MR) is 114 cm³/mol. The summed E-state index contributed by atoms with van der Waals surface area (Å²) in [6, 6.07) is 13.6. The summed E-state index contributed by atoms with van der Waals surface area (Å²) in [7, 11) is 0. The topological polar surface area (TPSA) is 78.7 Å². The molecule has 1 N–H and O–H groups in total. The molecule has 0 spiro atoms. The van der Waals surface area contributed by atoms with Crippen LogP contribution >= 0.6 is 0 Å². The number of para-hydroxylation sites is 1. The van der Waals surface area contributed by atoms with Crippen molar-refractivity contribution >= 4 is 23.0 Å². The van der Waals surface area contributed by atoms with Gasteiger partial charge in [-0.15, -0.1) is 0 Å². The number of nitro benzene ring substituents is 1. The fourth-order valence-electron chi connectivity index (χ4n) is 4.36. The van der Waals surface area contributed by atoms with Gasteiger partial charge in [0, 0.05) is 49.7 Å². The van der Waals surface area contributed by atoms with Gasteiger partial charge in [-0.25, -0.2) is 0 Å². The highest BCUT2D eigenvalue weighted by molar-refractivity contribution is 5.99. The number of carbonyl (C=O) groups excluding carboxylic acids is 1. The molecular formula is C22H26N4O3. The fraction of sp³-hybridized carbons (Fsp3) is 0.409. The smallest absolute Gasteiger partial charge is 0.282 e. The molecule has 2 aliphatic rings. The summed E-state index contributed by atoms with van der Waals surface area (Å²) in [5, 5.41) is 14.7. The molecule has 0 aliphatic carbocycles. The SMILES string of the molecule is CC1Cc2ccccc2N1CCNc1ccc([N+](=O)[O-])c(C(=O)N2CCCC2)c1. The molecule has 1 fully saturated rings. The summed E-state index contributed by atoms with van der Waals surface area (Å²) in [5.41, 5.74) is 3.42. The quantitative estimate of drug-likeness (QED) is 0.597. The highest BCUT2D eigenvalue weighted by Gasteiger charge is 2.27. The first kappa shape index (κ1) is 19.2. The van der Waals surface area contributed by atoms with Crippen LogP contribution in [0.15, 0.2) is 42.5 Å². The van der Waals surface area contributed by atoms with Gasteiger partial charge in [-0.05, 0) is 49.9 Å². The second kappa shape index (κ2) is 8.11. The molecule has 7 heteroatoms. The van der Waals surface area contributed by atoms with Crippen LogP contribution in [-0.2, 0) is 6.42 Å². The number of carbonyl (C=O) groups is 1. The van der Waals surface area contributed by atoms with Gasteiger partial charge < -0.3 is 15.1 Å². The second-order valence-electron chi connectivity index (χ2n) is 7.79. The van der Waals surface area contributed by atoms with Crippen molar-refractivity contribution in [1.29, 1.82) is 0 Å². The van der Waals surface area contributed by atoms with Crippen LogP contribution in [0.4, 0.5) is 17.1 Å². The molecule has 4 rings (SSSR count). The fourth-order valence-corrected chi connectivity index (χ4v) is 4.36. The molecule has 29 heavy (non-hydrogen) atoms. The van der Waals surface area contributed by atoms with Crippen LogP contribution in [0.25, 0.3) is 0 Å². The van der Waals surface area contributed by atoms with Gasteiger partial charge in [0.05, 0.1) is 4.92 Å². The third kappa shape index (κ3) is 3.90. The van der Waals surface area contributed by atoms with Gasteiger partial charge in [-0.1, -0.05) is 18.2 Å². The number of nitro groups is 1. The molecule has 0 aromatic heterocycles. The first-order chi connectivity index (χ1) is 14.0. The van der Waals surface area contributed by atoms with E-state index < -0.39 is 4.92 Å². The average molecular weight is 394 g/mol. The van der Waals surface area contributed by atoms with Gasteiger partial charge in [0.15, 0.2) is 0 Å². The summed E-state index contributed by atoms with van der Waals surface area (Å²) in [5.74, 6) is -0.250. The van der Waals surface area contributed by atoms with Crippen molar-refractivity contribution in [1.82, 2.24) is 4.90 Å². The van der Waals surface area contributed by atoms with Crippen molar-refractivity contribution in [2.24, 2.45) is 0 Å². The molecule has 1 amide bonds. The molecular weight excluding hydrogens is 368 g/mol. The summed E-state index contributed by atoms with van der Waals surface area (Å²) < 4.78 is 0. The van der Waals surface area contributed by atoms with Gasteiger partial charge in [-0.3, -0.25) is 14.9 Å². The molecule has 152 valence electrons. The van der Waals surface area contributed by atoms with E-state index in [2.05, 4.69) is 41.4 Å². The summed E-state index contributed by atoms with van der Waals surface area (Å²) in [6.07, 6.45) is 2.95. The van der Waals surface area contributed by atoms with Crippen molar-refractivity contribution in [2.75, 3.05) is 36.4 Å². The molecule has 2 heterocycles. The maximum atomic E-state index is 12.8. The van der Waals surface area contributed by atoms with E-state index in [0.717, 1.165) is 31.5 Å². The Morgan fingerprint density at radius 2 is 1.97 bits per heavy atom. The number of nitrogens with one attached hydrogen (secondary N) is 1. The summed E-state index contributed by atoms with van der Waals surface area (Å²) in [4.78, 5) is 27.8. The molecule has 0 saturated carbocycles. The minimum absolute atomic E-state index is 0.130. The van der Waals surface area contributed by atoms with Gasteiger partial charge >= 0.3 is 0 Å². The Kier molecular flexibility index (Phi) is 5.38. The zero-order valence-corrected chi connectivity index (χ0v) is 16.6. The monoisotopic (exact) mass is 394 g/mol. The lowest BCUT2D eigenvalue weighted by molar-refractivity contribution is -0.385. The van der Waals surface area contributed by atoms with Gasteiger partial charge in [0.25, 0.3) is 11.6 Å². The summed E-state index contributed by atoms with van der Waals surface area (Å²) in [6.45, 7) is 5.07. The van der Waals surface area contributed by atoms with Gasteiger partial charge in [-0.2, -0.15) is 0 Å². The van der Waals surface area contributed by atoms with Crippen LogP contribution in [0.5, 0.6) is 0 Å². The van der Waals surface area contributed by atoms with Crippen molar-refractivity contribution < 1.29 is 9.72 Å². The maximum absolute atomic E-state index is 12.8. The third-order valence-corrected chi connectivity index (χ3v) is 5.85. The molecule has 1 saturated heterocycles. The number of hydrogen-bond donors (Lipinski definition) is 1. The van der Waals surface area contributed by atoms with Crippen molar-refractivity contribution in [3.8, 4) is 0 Å². The Morgan fingerprint density at radius 1 is 1.21 bits per heavy atom. The molecule has 7 nitrogen and oxygen atoms in total. The Balaban J connectivity index is 1.46. The zero-order chi connectivity index (χ0) is 20.4. The minimum atomic E-state index is -0.476. The minimum Gasteiger partial charge on any atom is -0.383 e. The van der Waals surface area contributed by atoms with E-state index >= 15 is 0 Å². The molecule has 0 bridgehead atoms. The first-order valence-corrected chi connectivity index (χ1v) is 10.2. The number of likely N-dealkylation sites (tertiary alicyclic amines) is 1. The lowest BCUT2D eigenvalue weighted by Gasteiger charge is -2.25. The highest BCUT2D eigenvalue weighted by Crippen LogP contribution is 2.31. The molecule has 2 aromatic carbocycles. The molecule has 1 atom stereocenters. The van der Waals surface area contributed by atoms with Crippen molar-refractivity contribution in [2.45, 2.75) is 32.2 Å². The number of rotatable bonds is 6. The van der Waals surface area contributed by atoms with Crippen molar-refractivity contribution in [3.63, 3.8) is 0 Å². The van der Waals surface area contributed by atoms with E-state index in [-0.39, 0.29) is 17.2 Å². The number of nitrogens with zero attached hydrogens (tertiary/aromatic N) is 3. The zero-order valence-electron chi connectivity index (χ0n) is 16.6. The number of hydrogen-bond acceptors (Lipinski definition) is 5. The number of benzene rings is 2. The Hall–Kier alpha value is -3.09. The van der Waals surface area contributed by atoms with E-state index in [9.17, 15) is 14.9 Å². The second-order valence-corrected chi connectivity index (χ2v) is 7.79. The van der Waals surface area contributed by atoms with Crippen molar-refractivity contribution in [3.05, 3.63) is 63.7 Å². The Bertz CT molecular complexity index is 924. The van der Waals surface area contributed by atoms with E-state index in [0.29, 0.717) is 25.7 Å². The van der Waals surface area contributed by atoms with E-state index in [1.54, 1.807) is 17.0 Å². The van der Waals surface area contributed by atoms with Crippen LogP contribution < -0.4 is 10.2 Å². The molecule has 0 radical (unpaired) electrons. The highest BCUT2D eigenvalue weighted by atomic mass is 16.6. The van der Waals surface area contributed by atoms with Crippen LogP contribution in [0.2, 0.25) is 0 Å². The van der Waals surface area contributed by atoms with Crippen LogP contribution in [0.1, 0.15) is 35.7 Å². The number of anilines is 2. The largest absolute Gasteiger partial charge is 0.383 e. The molecule has 2 aromatic rings. The predicted octanol–water partition coefficient (Wildman–Crippen LogP) is 3.69. The Morgan fingerprint density at radius 3 is 2.72 bits per heavy atom. The van der Waals surface area contributed by atoms with Crippen LogP contribution in [-0.4, -0.2) is 48.0 Å². The van der Waals surface area contributed by atoms with E-state index in [1.807, 2.05) is 0 Å². The molecule has 2 aliphatic heterocycles. The van der Waals surface area contributed by atoms with Gasteiger partial charge in [0.1, 0.15) is 5.56 Å². The lowest BCUT2D eigenvalue weighted by Crippen LogP contribution is -2.33. The third-order valence-electron chi connectivity index (χ3n) is 5.85. The van der Waals surface area contributed by atoms with Crippen LogP contribution in [0.3, 0.4) is 0 Å². The molecule has 1 unspecified atom stereocenters. The van der Waals surface area contributed by atoms with Gasteiger partial charge in [0.2, 0.25) is 0 Å². The normalized spacial score (nSPS) is 18.0. The van der Waals surface area contributed by atoms with E-state index in [1.165, 1.54) is 17.3 Å².